The molecule has 1 saturated carbocycles. The Balaban J connectivity index is 1.45. The monoisotopic (exact) mass is 611 g/mol. The molecule has 5 rings (SSSR count). The molecular weight excluding hydrogens is 584 g/mol. The molecule has 1 amide bonds. The van der Waals surface area contributed by atoms with Crippen LogP contribution in [0.4, 0.5) is 8.78 Å². The van der Waals surface area contributed by atoms with Gasteiger partial charge in [-0.1, -0.05) is 23.8 Å². The van der Waals surface area contributed by atoms with E-state index in [-0.39, 0.29) is 55.6 Å². The number of aryl methyl sites for hydroxylation is 1. The smallest absolute Gasteiger partial charge is 0.248 e. The van der Waals surface area contributed by atoms with Crippen molar-refractivity contribution < 1.29 is 22.0 Å². The number of thiazole rings is 1. The Morgan fingerprint density at radius 2 is 1.86 bits per heavy atom. The Hall–Kier alpha value is -1.95. The van der Waals surface area contributed by atoms with Crippen LogP contribution in [-0.2, 0) is 21.4 Å². The lowest BCUT2D eigenvalue weighted by Crippen LogP contribution is -2.52. The van der Waals surface area contributed by atoms with Gasteiger partial charge in [-0.3, -0.25) is 4.79 Å². The van der Waals surface area contributed by atoms with Crippen LogP contribution in [0.5, 0.6) is 0 Å². The summed E-state index contributed by atoms with van der Waals surface area (Å²) < 4.78 is 58.0. The van der Waals surface area contributed by atoms with Crippen molar-refractivity contribution in [2.24, 2.45) is 0 Å². The van der Waals surface area contributed by atoms with Crippen LogP contribution in [0, 0.1) is 6.92 Å². The highest BCUT2D eigenvalue weighted by Crippen LogP contribution is 2.37. The van der Waals surface area contributed by atoms with Crippen molar-refractivity contribution in [2.75, 3.05) is 6.54 Å². The fraction of sp³-hybridized carbons (Fsp3) is 0.462. The number of sulfonamides is 1. The maximum absolute atomic E-state index is 14.0. The number of hydrogen-bond acceptors (Lipinski definition) is 5. The first-order chi connectivity index (χ1) is 17.5. The van der Waals surface area contributed by atoms with Gasteiger partial charge in [0.25, 0.3) is 0 Å². The molecule has 0 N–H and O–H groups in total. The van der Waals surface area contributed by atoms with Gasteiger partial charge in [0.05, 0.1) is 15.1 Å². The van der Waals surface area contributed by atoms with Gasteiger partial charge in [-0.15, -0.1) is 11.3 Å². The lowest BCUT2D eigenvalue weighted by atomic mass is 9.90. The number of hydrogen-bond donors (Lipinski definition) is 0. The van der Waals surface area contributed by atoms with Gasteiger partial charge in [0, 0.05) is 32.0 Å². The summed E-state index contributed by atoms with van der Waals surface area (Å²) in [5.41, 5.74) is 2.57. The Labute approximate surface area is 227 Å². The van der Waals surface area contributed by atoms with E-state index in [1.165, 1.54) is 15.6 Å². The van der Waals surface area contributed by atoms with Crippen LogP contribution >= 0.6 is 27.3 Å². The van der Waals surface area contributed by atoms with Crippen molar-refractivity contribution in [3.05, 3.63) is 57.5 Å². The first kappa shape index (κ1) is 26.6. The van der Waals surface area contributed by atoms with Crippen molar-refractivity contribution in [1.29, 1.82) is 0 Å². The normalized spacial score (nSPS) is 20.9. The Morgan fingerprint density at radius 3 is 2.57 bits per heavy atom. The van der Waals surface area contributed by atoms with E-state index in [0.717, 1.165) is 25.3 Å². The number of benzene rings is 2. The van der Waals surface area contributed by atoms with Gasteiger partial charge < -0.3 is 4.90 Å². The van der Waals surface area contributed by atoms with E-state index in [9.17, 15) is 22.0 Å². The number of fused-ring (bicyclic) bond motifs is 1. The fourth-order valence-corrected chi connectivity index (χ4v) is 8.31. The first-order valence-electron chi connectivity index (χ1n) is 12.4. The van der Waals surface area contributed by atoms with Crippen LogP contribution in [0.2, 0.25) is 0 Å². The average Bonchev–Trinajstić information content (AvgIpc) is 3.49. The standard InChI is InChI=1S/C26H28BrF2N3O3S2/c1-17-4-7-20(8-5-17)37(34,35)32-14-2-3-22(32)24(33)31(19-10-12-26(28,29)13-11-19)16-18-6-9-23-21(15-18)30-25(27)36-23/h4-9,15,19,22H,2-3,10-14,16H2,1H3/t22-/m0/s1. The molecule has 0 unspecified atom stereocenters. The second-order valence-electron chi connectivity index (χ2n) is 9.91. The highest BCUT2D eigenvalue weighted by Gasteiger charge is 2.44. The maximum Gasteiger partial charge on any atom is 0.248 e. The van der Waals surface area contributed by atoms with E-state index in [1.807, 2.05) is 25.1 Å². The predicted molar refractivity (Wildman–Crippen MR) is 143 cm³/mol. The molecule has 0 spiro atoms. The van der Waals surface area contributed by atoms with Crippen LogP contribution < -0.4 is 0 Å². The van der Waals surface area contributed by atoms with Crippen LogP contribution in [-0.4, -0.2) is 53.1 Å². The van der Waals surface area contributed by atoms with E-state index in [0.29, 0.717) is 12.8 Å². The summed E-state index contributed by atoms with van der Waals surface area (Å²) in [4.78, 5) is 20.3. The number of aromatic nitrogens is 1. The van der Waals surface area contributed by atoms with Gasteiger partial charge in [0.1, 0.15) is 6.04 Å². The minimum atomic E-state index is -3.88. The quantitative estimate of drug-likeness (QED) is 0.336. The molecule has 1 aliphatic carbocycles. The topological polar surface area (TPSA) is 70.6 Å². The number of amides is 1. The highest BCUT2D eigenvalue weighted by molar-refractivity contribution is 9.11. The minimum Gasteiger partial charge on any atom is -0.334 e. The molecule has 1 aliphatic heterocycles. The Kier molecular flexibility index (Phi) is 7.43. The number of carbonyl (C=O) groups excluding carboxylic acids is 1. The second kappa shape index (κ2) is 10.3. The molecule has 3 aromatic rings. The molecule has 0 radical (unpaired) electrons. The third kappa shape index (κ3) is 5.60. The Morgan fingerprint density at radius 1 is 1.16 bits per heavy atom. The third-order valence-corrected chi connectivity index (χ3v) is 10.7. The van der Waals surface area contributed by atoms with Crippen LogP contribution in [0.3, 0.4) is 0 Å². The molecular formula is C26H28BrF2N3O3S2. The molecule has 2 aliphatic rings. The summed E-state index contributed by atoms with van der Waals surface area (Å²) >= 11 is 4.90. The zero-order valence-corrected chi connectivity index (χ0v) is 23.6. The van der Waals surface area contributed by atoms with Crippen molar-refractivity contribution in [3.8, 4) is 0 Å². The van der Waals surface area contributed by atoms with E-state index >= 15 is 0 Å². The largest absolute Gasteiger partial charge is 0.334 e. The minimum absolute atomic E-state index is 0.154. The lowest BCUT2D eigenvalue weighted by molar-refractivity contribution is -0.141. The van der Waals surface area contributed by atoms with Gasteiger partial charge in [-0.25, -0.2) is 22.2 Å². The number of halogens is 3. The summed E-state index contributed by atoms with van der Waals surface area (Å²) in [5, 5.41) is 0. The molecule has 0 bridgehead atoms. The third-order valence-electron chi connectivity index (χ3n) is 7.31. The lowest BCUT2D eigenvalue weighted by Gasteiger charge is -2.39. The second-order valence-corrected chi connectivity index (χ2v) is 14.1. The fourth-order valence-electron chi connectivity index (χ4n) is 5.28. The summed E-state index contributed by atoms with van der Waals surface area (Å²) in [5.74, 6) is -3.05. The van der Waals surface area contributed by atoms with Gasteiger partial charge >= 0.3 is 0 Å². The number of alkyl halides is 2. The number of rotatable bonds is 6. The van der Waals surface area contributed by atoms with Crippen molar-refractivity contribution >= 4 is 53.4 Å². The summed E-state index contributed by atoms with van der Waals surface area (Å²) in [6, 6.07) is 11.1. The summed E-state index contributed by atoms with van der Waals surface area (Å²) in [6.07, 6.45) is 0.769. The van der Waals surface area contributed by atoms with Gasteiger partial charge in [-0.05, 0) is 78.4 Å². The zero-order valence-electron chi connectivity index (χ0n) is 20.4. The van der Waals surface area contributed by atoms with Crippen LogP contribution in [0.25, 0.3) is 10.2 Å². The van der Waals surface area contributed by atoms with Crippen LogP contribution in [0.15, 0.2) is 51.3 Å². The molecule has 2 heterocycles. The zero-order chi connectivity index (χ0) is 26.4. The van der Waals surface area contributed by atoms with Crippen molar-refractivity contribution in [2.45, 2.75) is 74.9 Å². The van der Waals surface area contributed by atoms with Crippen molar-refractivity contribution in [3.63, 3.8) is 0 Å². The molecule has 198 valence electrons. The molecule has 11 heteroatoms. The molecule has 1 atom stereocenters. The summed E-state index contributed by atoms with van der Waals surface area (Å²) in [6.45, 7) is 2.35. The van der Waals surface area contributed by atoms with Gasteiger partial charge in [0.2, 0.25) is 21.9 Å². The predicted octanol–water partition coefficient (Wildman–Crippen LogP) is 6.13. The van der Waals surface area contributed by atoms with Gasteiger partial charge in [0.15, 0.2) is 3.92 Å². The molecule has 6 nitrogen and oxygen atoms in total. The van der Waals surface area contributed by atoms with Gasteiger partial charge in [-0.2, -0.15) is 4.31 Å². The summed E-state index contributed by atoms with van der Waals surface area (Å²) in [7, 11) is -3.88. The molecule has 2 aromatic carbocycles. The molecule has 1 aromatic heterocycles. The maximum atomic E-state index is 14.0. The van der Waals surface area contributed by atoms with E-state index in [2.05, 4.69) is 20.9 Å². The number of nitrogens with zero attached hydrogens (tertiary/aromatic N) is 3. The van der Waals surface area contributed by atoms with E-state index in [4.69, 9.17) is 0 Å². The van der Waals surface area contributed by atoms with E-state index < -0.39 is 22.0 Å². The molecule has 2 fully saturated rings. The van der Waals surface area contributed by atoms with Crippen molar-refractivity contribution in [1.82, 2.24) is 14.2 Å². The average molecular weight is 613 g/mol. The Bertz CT molecular complexity index is 1400. The van der Waals surface area contributed by atoms with Crippen LogP contribution in [0.1, 0.15) is 49.7 Å². The SMILES string of the molecule is Cc1ccc(S(=O)(=O)N2CCC[C@H]2C(=O)N(Cc2ccc3sc(Br)nc3c2)C2CCC(F)(F)CC2)cc1. The first-order valence-corrected chi connectivity index (χ1v) is 15.4. The molecule has 1 saturated heterocycles. The van der Waals surface area contributed by atoms with E-state index in [1.54, 1.807) is 29.2 Å². The number of carbonyl (C=O) groups is 1. The highest BCUT2D eigenvalue weighted by atomic mass is 79.9. The molecule has 37 heavy (non-hydrogen) atoms.